The second-order valence-corrected chi connectivity index (χ2v) is 13.2. The standard InChI is InChI=1S/C50H38N2/c1-34(36-17-23-42(24-18-36)48-15-7-11-40-9-3-5-13-46(40)48)33-50(52-35(2)37-19-21-38(22-20-37)39-29-31-45(51)32-30-39)44-27-25-43(26-28-44)49-16-8-12-41-10-4-6-14-47(41)49/h3-33H,1,51H2,2H3/b50-33-,52-35+. The Kier molecular flexibility index (Phi) is 8.87. The molecular formula is C50H38N2. The van der Waals surface area contributed by atoms with Crippen molar-refractivity contribution >= 4 is 44.2 Å². The van der Waals surface area contributed by atoms with Crippen molar-refractivity contribution in [2.75, 3.05) is 5.73 Å². The fourth-order valence-electron chi connectivity index (χ4n) is 6.89. The van der Waals surface area contributed by atoms with Gasteiger partial charge < -0.3 is 5.73 Å². The highest BCUT2D eigenvalue weighted by Crippen LogP contribution is 2.33. The molecule has 0 aliphatic carbocycles. The van der Waals surface area contributed by atoms with Crippen molar-refractivity contribution in [1.29, 1.82) is 0 Å². The highest BCUT2D eigenvalue weighted by Gasteiger charge is 2.10. The molecule has 2 N–H and O–H groups in total. The minimum Gasteiger partial charge on any atom is -0.399 e. The largest absolute Gasteiger partial charge is 0.399 e. The lowest BCUT2D eigenvalue weighted by Gasteiger charge is -2.12. The maximum atomic E-state index is 5.92. The van der Waals surface area contributed by atoms with E-state index in [1.807, 2.05) is 24.3 Å². The van der Waals surface area contributed by atoms with Crippen LogP contribution in [0.5, 0.6) is 0 Å². The molecule has 0 saturated carbocycles. The fourth-order valence-corrected chi connectivity index (χ4v) is 6.89. The lowest BCUT2D eigenvalue weighted by molar-refractivity contribution is 1.46. The fraction of sp³-hybridized carbons (Fsp3) is 0.0200. The molecule has 0 aliphatic heterocycles. The Morgan fingerprint density at radius 1 is 0.462 bits per heavy atom. The van der Waals surface area contributed by atoms with Crippen LogP contribution in [0.15, 0.2) is 200 Å². The topological polar surface area (TPSA) is 38.4 Å². The van der Waals surface area contributed by atoms with Crippen molar-refractivity contribution in [3.05, 3.63) is 211 Å². The zero-order valence-corrected chi connectivity index (χ0v) is 29.1. The van der Waals surface area contributed by atoms with Crippen LogP contribution in [-0.4, -0.2) is 5.71 Å². The van der Waals surface area contributed by atoms with Crippen molar-refractivity contribution in [1.82, 2.24) is 0 Å². The van der Waals surface area contributed by atoms with E-state index in [1.165, 1.54) is 43.8 Å². The van der Waals surface area contributed by atoms with Crippen LogP contribution < -0.4 is 5.73 Å². The summed E-state index contributed by atoms with van der Waals surface area (Å²) in [5.41, 5.74) is 19.5. The van der Waals surface area contributed by atoms with Crippen LogP contribution in [0.25, 0.3) is 66.2 Å². The first kappa shape index (κ1) is 32.4. The minimum atomic E-state index is 0.759. The molecule has 0 amide bonds. The number of benzene rings is 8. The zero-order chi connectivity index (χ0) is 35.4. The summed E-state index contributed by atoms with van der Waals surface area (Å²) in [6.45, 7) is 6.59. The lowest BCUT2D eigenvalue weighted by Crippen LogP contribution is -1.96. The van der Waals surface area contributed by atoms with E-state index in [0.29, 0.717) is 0 Å². The Morgan fingerprint density at radius 3 is 1.42 bits per heavy atom. The van der Waals surface area contributed by atoms with E-state index < -0.39 is 0 Å². The van der Waals surface area contributed by atoms with Crippen LogP contribution in [0, 0.1) is 0 Å². The molecule has 8 rings (SSSR count). The van der Waals surface area contributed by atoms with E-state index in [0.717, 1.165) is 50.5 Å². The first-order valence-electron chi connectivity index (χ1n) is 17.6. The number of anilines is 1. The van der Waals surface area contributed by atoms with Crippen LogP contribution in [0.3, 0.4) is 0 Å². The molecule has 0 aromatic heterocycles. The van der Waals surface area contributed by atoms with Gasteiger partial charge in [0.15, 0.2) is 0 Å². The summed E-state index contributed by atoms with van der Waals surface area (Å²) in [5, 5.41) is 4.96. The zero-order valence-electron chi connectivity index (χ0n) is 29.1. The molecule has 2 nitrogen and oxygen atoms in total. The average molecular weight is 667 g/mol. The summed E-state index contributed by atoms with van der Waals surface area (Å²) >= 11 is 0. The normalized spacial score (nSPS) is 11.9. The summed E-state index contributed by atoms with van der Waals surface area (Å²) in [7, 11) is 0. The number of aliphatic imine (C=N–C) groups is 1. The number of rotatable bonds is 8. The molecule has 0 heterocycles. The van der Waals surface area contributed by atoms with Gasteiger partial charge in [0, 0.05) is 17.0 Å². The van der Waals surface area contributed by atoms with Crippen LogP contribution in [0.4, 0.5) is 5.69 Å². The molecule has 0 aliphatic rings. The molecule has 0 unspecified atom stereocenters. The van der Waals surface area contributed by atoms with Gasteiger partial charge in [0.1, 0.15) is 0 Å². The Labute approximate surface area is 305 Å². The van der Waals surface area contributed by atoms with E-state index >= 15 is 0 Å². The van der Waals surface area contributed by atoms with Gasteiger partial charge in [0.05, 0.1) is 5.70 Å². The predicted molar refractivity (Wildman–Crippen MR) is 224 cm³/mol. The summed E-state index contributed by atoms with van der Waals surface area (Å²) in [4.78, 5) is 5.25. The first-order valence-corrected chi connectivity index (χ1v) is 17.6. The van der Waals surface area contributed by atoms with Gasteiger partial charge in [-0.1, -0.05) is 176 Å². The molecule has 2 heteroatoms. The monoisotopic (exact) mass is 666 g/mol. The molecule has 248 valence electrons. The van der Waals surface area contributed by atoms with Gasteiger partial charge in [-0.15, -0.1) is 0 Å². The van der Waals surface area contributed by atoms with Crippen LogP contribution in [0.2, 0.25) is 0 Å². The van der Waals surface area contributed by atoms with Gasteiger partial charge in [-0.3, -0.25) is 4.99 Å². The third-order valence-electron chi connectivity index (χ3n) is 9.78. The highest BCUT2D eigenvalue weighted by molar-refractivity contribution is 6.03. The molecule has 0 atom stereocenters. The second kappa shape index (κ2) is 14.2. The van der Waals surface area contributed by atoms with Crippen LogP contribution in [-0.2, 0) is 0 Å². The van der Waals surface area contributed by atoms with Crippen LogP contribution in [0.1, 0.15) is 23.6 Å². The Balaban J connectivity index is 1.14. The summed E-state index contributed by atoms with van der Waals surface area (Å²) in [6.07, 6.45) is 2.10. The number of allylic oxidation sites excluding steroid dienone is 2. The second-order valence-electron chi connectivity index (χ2n) is 13.2. The number of nitrogens with two attached hydrogens (primary N) is 1. The number of hydrogen-bond donors (Lipinski definition) is 1. The molecule has 52 heavy (non-hydrogen) atoms. The highest BCUT2D eigenvalue weighted by atomic mass is 14.8. The van der Waals surface area contributed by atoms with E-state index in [-0.39, 0.29) is 0 Å². The molecule has 0 fully saturated rings. The maximum Gasteiger partial charge on any atom is 0.0711 e. The number of nitrogens with zero attached hydrogens (tertiary/aromatic N) is 1. The van der Waals surface area contributed by atoms with Gasteiger partial charge in [-0.2, -0.15) is 0 Å². The van der Waals surface area contributed by atoms with Crippen molar-refractivity contribution in [3.63, 3.8) is 0 Å². The summed E-state index contributed by atoms with van der Waals surface area (Å²) in [5.74, 6) is 0. The molecule has 8 aromatic carbocycles. The van der Waals surface area contributed by atoms with Gasteiger partial charge >= 0.3 is 0 Å². The molecule has 0 saturated heterocycles. The SMILES string of the molecule is C=C(/C=C(\N=C(/C)c1ccc(-c2ccc(N)cc2)cc1)c1ccc(-c2cccc3ccccc23)cc1)c1ccc(-c2cccc3ccccc23)cc1. The summed E-state index contributed by atoms with van der Waals surface area (Å²) in [6, 6.07) is 63.9. The lowest BCUT2D eigenvalue weighted by atomic mass is 9.95. The van der Waals surface area contributed by atoms with E-state index in [4.69, 9.17) is 10.7 Å². The average Bonchev–Trinajstić information content (AvgIpc) is 3.20. The van der Waals surface area contributed by atoms with Crippen molar-refractivity contribution in [2.45, 2.75) is 6.92 Å². The van der Waals surface area contributed by atoms with Gasteiger partial charge in [0.25, 0.3) is 0 Å². The third kappa shape index (κ3) is 6.70. The molecule has 0 radical (unpaired) electrons. The van der Waals surface area contributed by atoms with E-state index in [2.05, 4.69) is 177 Å². The van der Waals surface area contributed by atoms with Crippen molar-refractivity contribution < 1.29 is 0 Å². The Morgan fingerprint density at radius 2 is 0.885 bits per heavy atom. The van der Waals surface area contributed by atoms with Gasteiger partial charge in [-0.25, -0.2) is 0 Å². The molecule has 8 aromatic rings. The molecular weight excluding hydrogens is 629 g/mol. The van der Waals surface area contributed by atoms with E-state index in [1.54, 1.807) is 0 Å². The molecule has 0 spiro atoms. The van der Waals surface area contributed by atoms with Crippen molar-refractivity contribution in [2.24, 2.45) is 4.99 Å². The van der Waals surface area contributed by atoms with Crippen LogP contribution >= 0.6 is 0 Å². The van der Waals surface area contributed by atoms with E-state index in [9.17, 15) is 0 Å². The maximum absolute atomic E-state index is 5.92. The van der Waals surface area contributed by atoms with Gasteiger partial charge in [-0.05, 0) is 96.8 Å². The van der Waals surface area contributed by atoms with Gasteiger partial charge in [0.2, 0.25) is 0 Å². The predicted octanol–water partition coefficient (Wildman–Crippen LogP) is 13.1. The third-order valence-corrected chi connectivity index (χ3v) is 9.78. The quantitative estimate of drug-likeness (QED) is 0.0978. The first-order chi connectivity index (χ1) is 25.5. The number of fused-ring (bicyclic) bond motifs is 2. The number of nitrogen functional groups attached to an aromatic ring is 1. The Hall–Kier alpha value is -6.77. The summed E-state index contributed by atoms with van der Waals surface area (Å²) < 4.78 is 0. The number of hydrogen-bond acceptors (Lipinski definition) is 2. The molecule has 0 bridgehead atoms. The minimum absolute atomic E-state index is 0.759. The smallest absolute Gasteiger partial charge is 0.0711 e. The Bertz CT molecular complexity index is 2600. The van der Waals surface area contributed by atoms with Crippen molar-refractivity contribution in [3.8, 4) is 33.4 Å².